The lowest BCUT2D eigenvalue weighted by molar-refractivity contribution is -0.129. The first kappa shape index (κ1) is 10.9. The van der Waals surface area contributed by atoms with Crippen LogP contribution in [0.4, 0.5) is 0 Å². The van der Waals surface area contributed by atoms with Crippen molar-refractivity contribution in [3.63, 3.8) is 0 Å². The molecule has 2 rings (SSSR count). The van der Waals surface area contributed by atoms with Gasteiger partial charge >= 0.3 is 0 Å². The van der Waals surface area contributed by atoms with E-state index in [1.54, 1.807) is 5.01 Å². The molecule has 1 saturated heterocycles. The monoisotopic (exact) mass is 211 g/mol. The summed E-state index contributed by atoms with van der Waals surface area (Å²) in [5.41, 5.74) is 8.78. The lowest BCUT2D eigenvalue weighted by atomic mass is 9.83. The van der Waals surface area contributed by atoms with E-state index in [-0.39, 0.29) is 5.91 Å². The van der Waals surface area contributed by atoms with E-state index < -0.39 is 0 Å². The minimum atomic E-state index is 0.219. The minimum Gasteiger partial charge on any atom is -0.329 e. The van der Waals surface area contributed by atoms with Gasteiger partial charge in [-0.15, -0.1) is 0 Å². The van der Waals surface area contributed by atoms with Gasteiger partial charge in [-0.1, -0.05) is 19.3 Å². The second-order valence-corrected chi connectivity index (χ2v) is 4.67. The van der Waals surface area contributed by atoms with E-state index in [1.807, 2.05) is 0 Å². The van der Waals surface area contributed by atoms with Crippen molar-refractivity contribution in [3.8, 4) is 0 Å². The van der Waals surface area contributed by atoms with Crippen LogP contribution in [0.2, 0.25) is 0 Å². The van der Waals surface area contributed by atoms with Gasteiger partial charge in [-0.3, -0.25) is 9.80 Å². The molecule has 1 unspecified atom stereocenters. The number of hydrazine groups is 1. The number of hydrogen-bond donors (Lipinski definition) is 2. The van der Waals surface area contributed by atoms with E-state index in [2.05, 4.69) is 5.43 Å². The highest BCUT2D eigenvalue weighted by molar-refractivity contribution is 5.78. The first-order valence-electron chi connectivity index (χ1n) is 6.08. The third-order valence-electron chi connectivity index (χ3n) is 3.59. The molecule has 1 aliphatic carbocycles. The smallest absolute Gasteiger partial charge is 0.238 e. The summed E-state index contributed by atoms with van der Waals surface area (Å²) in [6.45, 7) is 1.18. The zero-order chi connectivity index (χ0) is 10.7. The van der Waals surface area contributed by atoms with Crippen molar-refractivity contribution in [2.45, 2.75) is 44.6 Å². The van der Waals surface area contributed by atoms with Gasteiger partial charge in [0.05, 0.1) is 0 Å². The number of hydrogen-bond acceptors (Lipinski definition) is 3. The number of carbonyl (C=O) groups is 1. The molecule has 1 aliphatic heterocycles. The van der Waals surface area contributed by atoms with Crippen LogP contribution in [0.25, 0.3) is 0 Å². The van der Waals surface area contributed by atoms with Crippen LogP contribution in [-0.4, -0.2) is 30.0 Å². The van der Waals surface area contributed by atoms with Crippen molar-refractivity contribution in [2.24, 2.45) is 11.7 Å². The van der Waals surface area contributed by atoms with Gasteiger partial charge in [-0.2, -0.15) is 0 Å². The number of nitrogens with one attached hydrogen (secondary N) is 1. The third-order valence-corrected chi connectivity index (χ3v) is 3.59. The molecule has 0 aromatic rings. The molecule has 3 N–H and O–H groups in total. The highest BCUT2D eigenvalue weighted by atomic mass is 16.2. The summed E-state index contributed by atoms with van der Waals surface area (Å²) in [4.78, 5) is 11.6. The molecule has 1 heterocycles. The van der Waals surface area contributed by atoms with Crippen LogP contribution in [0.3, 0.4) is 0 Å². The maximum Gasteiger partial charge on any atom is 0.238 e. The molecule has 2 fully saturated rings. The maximum absolute atomic E-state index is 11.6. The Morgan fingerprint density at radius 1 is 1.33 bits per heavy atom. The first-order valence-corrected chi connectivity index (χ1v) is 6.08. The second kappa shape index (κ2) is 4.94. The molecule has 86 valence electrons. The van der Waals surface area contributed by atoms with Crippen LogP contribution in [0.1, 0.15) is 38.5 Å². The zero-order valence-corrected chi connectivity index (χ0v) is 9.24. The molecule has 0 aromatic heterocycles. The van der Waals surface area contributed by atoms with Crippen LogP contribution < -0.4 is 11.2 Å². The van der Waals surface area contributed by atoms with Gasteiger partial charge in [0.2, 0.25) is 5.91 Å². The minimum absolute atomic E-state index is 0.219. The highest BCUT2D eigenvalue weighted by Crippen LogP contribution is 2.29. The quantitative estimate of drug-likeness (QED) is 0.720. The summed E-state index contributed by atoms with van der Waals surface area (Å²) in [5, 5.41) is 1.71. The van der Waals surface area contributed by atoms with Crippen LogP contribution in [0, 0.1) is 5.92 Å². The van der Waals surface area contributed by atoms with Gasteiger partial charge in [-0.05, 0) is 18.8 Å². The van der Waals surface area contributed by atoms with E-state index in [1.165, 1.54) is 32.1 Å². The van der Waals surface area contributed by atoms with Gasteiger partial charge < -0.3 is 5.73 Å². The maximum atomic E-state index is 11.6. The molecule has 4 heteroatoms. The van der Waals surface area contributed by atoms with Gasteiger partial charge in [0.15, 0.2) is 0 Å². The summed E-state index contributed by atoms with van der Waals surface area (Å²) in [6, 6.07) is 0.379. The number of nitrogens with two attached hydrogens (primary N) is 1. The van der Waals surface area contributed by atoms with Crippen molar-refractivity contribution in [1.82, 2.24) is 10.4 Å². The predicted octanol–water partition coefficient (Wildman–Crippen LogP) is 0.631. The van der Waals surface area contributed by atoms with E-state index in [4.69, 9.17) is 5.73 Å². The summed E-state index contributed by atoms with van der Waals surface area (Å²) in [5.74, 6) is 0.918. The molecular formula is C11H21N3O. The van der Waals surface area contributed by atoms with Crippen molar-refractivity contribution in [1.29, 1.82) is 0 Å². The van der Waals surface area contributed by atoms with Crippen molar-refractivity contribution in [2.75, 3.05) is 13.1 Å². The van der Waals surface area contributed by atoms with Crippen molar-refractivity contribution in [3.05, 3.63) is 0 Å². The molecule has 1 amide bonds. The second-order valence-electron chi connectivity index (χ2n) is 4.67. The lowest BCUT2D eigenvalue weighted by Crippen LogP contribution is -2.43. The van der Waals surface area contributed by atoms with Gasteiger partial charge in [0.25, 0.3) is 0 Å². The molecule has 0 radical (unpaired) electrons. The summed E-state index contributed by atoms with van der Waals surface area (Å²) in [6.07, 6.45) is 7.25. The van der Waals surface area contributed by atoms with E-state index in [0.29, 0.717) is 31.5 Å². The largest absolute Gasteiger partial charge is 0.329 e. The number of nitrogens with zero attached hydrogens (tertiary/aromatic N) is 1. The Hall–Kier alpha value is -0.610. The summed E-state index contributed by atoms with van der Waals surface area (Å²) < 4.78 is 0. The lowest BCUT2D eigenvalue weighted by Gasteiger charge is -2.27. The highest BCUT2D eigenvalue weighted by Gasteiger charge is 2.34. The Kier molecular flexibility index (Phi) is 3.59. The average Bonchev–Trinajstić information content (AvgIpc) is 2.63. The Morgan fingerprint density at radius 2 is 2.07 bits per heavy atom. The number of amides is 1. The molecule has 1 saturated carbocycles. The Labute approximate surface area is 91.2 Å². The Balaban J connectivity index is 1.87. The zero-order valence-electron chi connectivity index (χ0n) is 9.24. The Morgan fingerprint density at radius 3 is 2.73 bits per heavy atom. The first-order chi connectivity index (χ1) is 7.31. The molecule has 0 aromatic carbocycles. The van der Waals surface area contributed by atoms with E-state index in [9.17, 15) is 4.79 Å². The third kappa shape index (κ3) is 2.49. The molecule has 1 atom stereocenters. The fraction of sp³-hybridized carbons (Fsp3) is 0.909. The van der Waals surface area contributed by atoms with Crippen LogP contribution in [0.15, 0.2) is 0 Å². The van der Waals surface area contributed by atoms with Crippen LogP contribution in [0.5, 0.6) is 0 Å². The fourth-order valence-electron chi connectivity index (χ4n) is 2.74. The van der Waals surface area contributed by atoms with E-state index in [0.717, 1.165) is 0 Å². The van der Waals surface area contributed by atoms with Crippen molar-refractivity contribution >= 4 is 5.91 Å². The van der Waals surface area contributed by atoms with Crippen LogP contribution >= 0.6 is 0 Å². The molecule has 2 aliphatic rings. The molecule has 4 nitrogen and oxygen atoms in total. The number of carbonyl (C=O) groups excluding carboxylic acids is 1. The molecule has 0 bridgehead atoms. The van der Waals surface area contributed by atoms with Crippen molar-refractivity contribution < 1.29 is 4.79 Å². The van der Waals surface area contributed by atoms with Gasteiger partial charge in [-0.25, -0.2) is 5.43 Å². The topological polar surface area (TPSA) is 58.4 Å². The van der Waals surface area contributed by atoms with Gasteiger partial charge in [0, 0.05) is 25.6 Å². The predicted molar refractivity (Wildman–Crippen MR) is 58.9 cm³/mol. The molecule has 15 heavy (non-hydrogen) atoms. The van der Waals surface area contributed by atoms with Gasteiger partial charge in [0.1, 0.15) is 0 Å². The fourth-order valence-corrected chi connectivity index (χ4v) is 2.74. The summed E-state index contributed by atoms with van der Waals surface area (Å²) >= 11 is 0. The van der Waals surface area contributed by atoms with E-state index >= 15 is 0 Å². The van der Waals surface area contributed by atoms with Crippen LogP contribution in [-0.2, 0) is 4.79 Å². The normalized spacial score (nSPS) is 28.7. The SMILES string of the molecule is NCCN1NC(C2CCCCC2)CC1=O. The Bertz CT molecular complexity index is 226. The molecular weight excluding hydrogens is 190 g/mol. The standard InChI is InChI=1S/C11H21N3O/c12-6-7-14-11(15)8-10(13-14)9-4-2-1-3-5-9/h9-10,13H,1-8,12H2. The summed E-state index contributed by atoms with van der Waals surface area (Å²) in [7, 11) is 0. The number of rotatable bonds is 3. The average molecular weight is 211 g/mol. The molecule has 0 spiro atoms.